The van der Waals surface area contributed by atoms with Gasteiger partial charge in [0.2, 0.25) is 5.56 Å². The van der Waals surface area contributed by atoms with Crippen molar-refractivity contribution in [3.05, 3.63) is 70.1 Å². The van der Waals surface area contributed by atoms with E-state index < -0.39 is 0 Å². The molecule has 0 unspecified atom stereocenters. The summed E-state index contributed by atoms with van der Waals surface area (Å²) in [5.74, 6) is -0.103. The second-order valence-electron chi connectivity index (χ2n) is 5.08. The number of amides is 1. The lowest BCUT2D eigenvalue weighted by Gasteiger charge is -2.22. The highest BCUT2D eigenvalue weighted by atomic mass is 16.2. The van der Waals surface area contributed by atoms with Crippen LogP contribution < -0.4 is 5.56 Å². The summed E-state index contributed by atoms with van der Waals surface area (Å²) in [5, 5.41) is 0. The summed E-state index contributed by atoms with van der Waals surface area (Å²) < 4.78 is 0. The molecule has 0 atom stereocenters. The number of nitrogens with one attached hydrogen (secondary N) is 1. The average Bonchev–Trinajstić information content (AvgIpc) is 3.30. The molecule has 0 aliphatic heterocycles. The minimum atomic E-state index is -0.244. The normalized spacial score (nSPS) is 14.0. The topological polar surface area (TPSA) is 53.2 Å². The van der Waals surface area contributed by atoms with Crippen LogP contribution in [0.3, 0.4) is 0 Å². The molecule has 4 heteroatoms. The molecule has 1 amide bonds. The monoisotopic (exact) mass is 268 g/mol. The summed E-state index contributed by atoms with van der Waals surface area (Å²) >= 11 is 0. The molecular formula is C16H16N2O2. The van der Waals surface area contributed by atoms with Gasteiger partial charge in [0.1, 0.15) is 5.69 Å². The lowest BCUT2D eigenvalue weighted by molar-refractivity contribution is 0.0723. The molecule has 1 aromatic carbocycles. The van der Waals surface area contributed by atoms with Gasteiger partial charge in [-0.1, -0.05) is 36.4 Å². The summed E-state index contributed by atoms with van der Waals surface area (Å²) in [6, 6.07) is 14.9. The summed E-state index contributed by atoms with van der Waals surface area (Å²) in [6.45, 7) is 0.585. The second kappa shape index (κ2) is 5.33. The highest BCUT2D eigenvalue weighted by Crippen LogP contribution is 2.29. The maximum Gasteiger partial charge on any atom is 0.270 e. The van der Waals surface area contributed by atoms with Crippen LogP contribution in [0.15, 0.2) is 53.3 Å². The number of nitrogens with zero attached hydrogens (tertiary/aromatic N) is 1. The van der Waals surface area contributed by atoms with Crippen LogP contribution in [0.5, 0.6) is 0 Å². The van der Waals surface area contributed by atoms with E-state index >= 15 is 0 Å². The van der Waals surface area contributed by atoms with E-state index in [1.165, 1.54) is 6.07 Å². The smallest absolute Gasteiger partial charge is 0.270 e. The standard InChI is InChI=1S/C16H16N2O2/c19-15-8-4-7-14(17-15)16(20)18(13-9-10-13)11-12-5-2-1-3-6-12/h1-8,13H,9-11H2,(H,17,19). The number of carbonyl (C=O) groups excluding carboxylic acids is 1. The Kier molecular flexibility index (Phi) is 3.37. The van der Waals surface area contributed by atoms with E-state index in [1.807, 2.05) is 35.2 Å². The molecule has 2 aromatic rings. The average molecular weight is 268 g/mol. The molecule has 1 heterocycles. The van der Waals surface area contributed by atoms with Crippen LogP contribution in [-0.4, -0.2) is 21.8 Å². The van der Waals surface area contributed by atoms with E-state index in [0.717, 1.165) is 18.4 Å². The van der Waals surface area contributed by atoms with Gasteiger partial charge < -0.3 is 9.88 Å². The molecule has 0 bridgehead atoms. The van der Waals surface area contributed by atoms with E-state index in [0.29, 0.717) is 18.3 Å². The number of benzene rings is 1. The zero-order valence-electron chi connectivity index (χ0n) is 11.1. The van der Waals surface area contributed by atoms with Crippen LogP contribution in [0, 0.1) is 0 Å². The Morgan fingerprint density at radius 2 is 1.85 bits per heavy atom. The molecule has 1 aliphatic rings. The number of aromatic amines is 1. The fraction of sp³-hybridized carbons (Fsp3) is 0.250. The molecule has 20 heavy (non-hydrogen) atoms. The van der Waals surface area contributed by atoms with Crippen LogP contribution >= 0.6 is 0 Å². The van der Waals surface area contributed by atoms with Gasteiger partial charge in [-0.3, -0.25) is 9.59 Å². The van der Waals surface area contributed by atoms with Crippen molar-refractivity contribution in [2.45, 2.75) is 25.4 Å². The first-order valence-corrected chi connectivity index (χ1v) is 6.78. The number of hydrogen-bond acceptors (Lipinski definition) is 2. The van der Waals surface area contributed by atoms with Crippen molar-refractivity contribution in [2.75, 3.05) is 0 Å². The van der Waals surface area contributed by atoms with Gasteiger partial charge in [-0.2, -0.15) is 0 Å². The predicted octanol–water partition coefficient (Wildman–Crippen LogP) is 2.18. The fourth-order valence-electron chi connectivity index (χ4n) is 2.26. The quantitative estimate of drug-likeness (QED) is 0.924. The van der Waals surface area contributed by atoms with Crippen molar-refractivity contribution in [2.24, 2.45) is 0 Å². The third-order valence-corrected chi connectivity index (χ3v) is 3.44. The number of carbonyl (C=O) groups is 1. The number of rotatable bonds is 4. The van der Waals surface area contributed by atoms with Crippen molar-refractivity contribution in [1.29, 1.82) is 0 Å². The summed E-state index contributed by atoms with van der Waals surface area (Å²) in [5.41, 5.74) is 1.22. The first-order chi connectivity index (χ1) is 9.74. The Labute approximate surface area is 117 Å². The Hall–Kier alpha value is -2.36. The van der Waals surface area contributed by atoms with E-state index in [-0.39, 0.29) is 11.5 Å². The zero-order chi connectivity index (χ0) is 13.9. The first-order valence-electron chi connectivity index (χ1n) is 6.78. The molecule has 0 spiro atoms. The van der Waals surface area contributed by atoms with Crippen molar-refractivity contribution in [1.82, 2.24) is 9.88 Å². The number of pyridine rings is 1. The lowest BCUT2D eigenvalue weighted by atomic mass is 10.2. The molecule has 1 aliphatic carbocycles. The molecular weight excluding hydrogens is 252 g/mol. The van der Waals surface area contributed by atoms with Crippen LogP contribution in [0.1, 0.15) is 28.9 Å². The van der Waals surface area contributed by atoms with Gasteiger partial charge in [0, 0.05) is 18.7 Å². The Morgan fingerprint density at radius 3 is 2.50 bits per heavy atom. The van der Waals surface area contributed by atoms with Crippen LogP contribution in [0.4, 0.5) is 0 Å². The van der Waals surface area contributed by atoms with Crippen LogP contribution in [0.25, 0.3) is 0 Å². The second-order valence-corrected chi connectivity index (χ2v) is 5.08. The van der Waals surface area contributed by atoms with Gasteiger partial charge >= 0.3 is 0 Å². The maximum atomic E-state index is 12.5. The number of H-pyrrole nitrogens is 1. The number of hydrogen-bond donors (Lipinski definition) is 1. The van der Waals surface area contributed by atoms with Crippen molar-refractivity contribution >= 4 is 5.91 Å². The number of aromatic nitrogens is 1. The van der Waals surface area contributed by atoms with Gasteiger partial charge in [-0.05, 0) is 24.5 Å². The summed E-state index contributed by atoms with van der Waals surface area (Å²) in [7, 11) is 0. The van der Waals surface area contributed by atoms with E-state index in [9.17, 15) is 9.59 Å². The van der Waals surface area contributed by atoms with Crippen molar-refractivity contribution < 1.29 is 4.79 Å². The third-order valence-electron chi connectivity index (χ3n) is 3.44. The van der Waals surface area contributed by atoms with Gasteiger partial charge in [0.05, 0.1) is 0 Å². The first kappa shape index (κ1) is 12.7. The van der Waals surface area contributed by atoms with E-state index in [1.54, 1.807) is 12.1 Å². The fourth-order valence-corrected chi connectivity index (χ4v) is 2.26. The molecule has 1 N–H and O–H groups in total. The molecule has 3 rings (SSSR count). The van der Waals surface area contributed by atoms with Gasteiger partial charge in [-0.15, -0.1) is 0 Å². The minimum Gasteiger partial charge on any atom is -0.330 e. The summed E-state index contributed by atoms with van der Waals surface area (Å²) in [4.78, 5) is 28.3. The highest BCUT2D eigenvalue weighted by molar-refractivity contribution is 5.92. The summed E-state index contributed by atoms with van der Waals surface area (Å²) in [6.07, 6.45) is 2.07. The maximum absolute atomic E-state index is 12.5. The lowest BCUT2D eigenvalue weighted by Crippen LogP contribution is -2.34. The van der Waals surface area contributed by atoms with Gasteiger partial charge in [0.15, 0.2) is 0 Å². The molecule has 1 aromatic heterocycles. The Bertz CT molecular complexity index is 659. The molecule has 4 nitrogen and oxygen atoms in total. The SMILES string of the molecule is O=C(c1cccc(=O)[nH]1)N(Cc1ccccc1)C1CC1. The third kappa shape index (κ3) is 2.79. The highest BCUT2D eigenvalue weighted by Gasteiger charge is 2.33. The van der Waals surface area contributed by atoms with Crippen molar-refractivity contribution in [3.8, 4) is 0 Å². The van der Waals surface area contributed by atoms with Crippen molar-refractivity contribution in [3.63, 3.8) is 0 Å². The predicted molar refractivity (Wildman–Crippen MR) is 76.4 cm³/mol. The largest absolute Gasteiger partial charge is 0.330 e. The molecule has 1 fully saturated rings. The minimum absolute atomic E-state index is 0.103. The van der Waals surface area contributed by atoms with Gasteiger partial charge in [-0.25, -0.2) is 0 Å². The molecule has 1 saturated carbocycles. The Balaban J connectivity index is 1.84. The van der Waals surface area contributed by atoms with E-state index in [4.69, 9.17) is 0 Å². The van der Waals surface area contributed by atoms with Crippen LogP contribution in [-0.2, 0) is 6.54 Å². The van der Waals surface area contributed by atoms with E-state index in [2.05, 4.69) is 4.98 Å². The Morgan fingerprint density at radius 1 is 1.10 bits per heavy atom. The molecule has 0 radical (unpaired) electrons. The van der Waals surface area contributed by atoms with Crippen LogP contribution in [0.2, 0.25) is 0 Å². The zero-order valence-corrected chi connectivity index (χ0v) is 11.1. The molecule has 102 valence electrons. The molecule has 0 saturated heterocycles. The van der Waals surface area contributed by atoms with Gasteiger partial charge in [0.25, 0.3) is 5.91 Å².